The first-order valence-corrected chi connectivity index (χ1v) is 4.63. The van der Waals surface area contributed by atoms with E-state index in [4.69, 9.17) is 9.84 Å². The zero-order valence-electron chi connectivity index (χ0n) is 8.18. The molecule has 0 aliphatic carbocycles. The Balaban J connectivity index is 2.15. The normalized spacial score (nSPS) is 9.93. The number of phenolic OH excluding ortho intramolecular Hbond substituents is 1. The monoisotopic (exact) mass is 202 g/mol. The van der Waals surface area contributed by atoms with Crippen LogP contribution >= 0.6 is 0 Å². The van der Waals surface area contributed by atoms with Crippen molar-refractivity contribution in [2.45, 2.75) is 0 Å². The minimum atomic E-state index is 0.232. The van der Waals surface area contributed by atoms with Crippen LogP contribution in [0.2, 0.25) is 0 Å². The van der Waals surface area contributed by atoms with Crippen molar-refractivity contribution < 1.29 is 15.6 Å². The van der Waals surface area contributed by atoms with E-state index < -0.39 is 0 Å². The van der Waals surface area contributed by atoms with Gasteiger partial charge in [0.25, 0.3) is 0 Å². The Morgan fingerprint density at radius 3 is 1.80 bits per heavy atom. The number of phenols is 1. The lowest BCUT2D eigenvalue weighted by Gasteiger charge is -2.04. The third-order valence-electron chi connectivity index (χ3n) is 2.00. The first kappa shape index (κ1) is 9.55. The van der Waals surface area contributed by atoms with Gasteiger partial charge in [0.05, 0.1) is 0 Å². The van der Waals surface area contributed by atoms with E-state index in [1.165, 1.54) is 0 Å². The van der Waals surface area contributed by atoms with E-state index in [1.54, 1.807) is 24.3 Å². The molecule has 3 heteroatoms. The predicted octanol–water partition coefficient (Wildman–Crippen LogP) is 2.06. The third kappa shape index (κ3) is 2.48. The van der Waals surface area contributed by atoms with Crippen molar-refractivity contribution in [2.24, 2.45) is 0 Å². The second kappa shape index (κ2) is 4.02. The minimum Gasteiger partial charge on any atom is -0.508 e. The highest BCUT2D eigenvalue weighted by molar-refractivity contribution is 5.38. The van der Waals surface area contributed by atoms with Gasteiger partial charge in [-0.3, -0.25) is 0 Å². The van der Waals surface area contributed by atoms with Crippen molar-refractivity contribution in [1.29, 1.82) is 0 Å². The molecule has 0 radical (unpaired) electrons. The summed E-state index contributed by atoms with van der Waals surface area (Å²) in [6.07, 6.45) is 0. The zero-order valence-corrected chi connectivity index (χ0v) is 8.18. The summed E-state index contributed by atoms with van der Waals surface area (Å²) < 4.78 is 5.55. The standard InChI is InChI=1S/C12H11NO2/c13-9-1-5-11(6-2-9)15-12-7-3-10(14)4-8-12/h1-8,14H,13H2/p+1. The average Bonchev–Trinajstić information content (AvgIpc) is 2.25. The topological polar surface area (TPSA) is 57.1 Å². The van der Waals surface area contributed by atoms with Gasteiger partial charge in [-0.25, -0.2) is 0 Å². The molecule has 2 aromatic rings. The van der Waals surface area contributed by atoms with Gasteiger partial charge < -0.3 is 15.6 Å². The summed E-state index contributed by atoms with van der Waals surface area (Å²) >= 11 is 0. The molecule has 0 atom stereocenters. The maximum atomic E-state index is 9.10. The van der Waals surface area contributed by atoms with Crippen LogP contribution in [-0.4, -0.2) is 5.11 Å². The van der Waals surface area contributed by atoms with Gasteiger partial charge >= 0.3 is 0 Å². The summed E-state index contributed by atoms with van der Waals surface area (Å²) in [5.74, 6) is 1.69. The maximum Gasteiger partial charge on any atom is 0.128 e. The Bertz CT molecular complexity index is 391. The van der Waals surface area contributed by atoms with Gasteiger partial charge in [0.1, 0.15) is 22.9 Å². The lowest BCUT2D eigenvalue weighted by Crippen LogP contribution is -2.39. The van der Waals surface area contributed by atoms with Crippen molar-refractivity contribution in [1.82, 2.24) is 0 Å². The molecule has 0 unspecified atom stereocenters. The fourth-order valence-corrected chi connectivity index (χ4v) is 1.21. The molecule has 76 valence electrons. The Hall–Kier alpha value is -2.00. The van der Waals surface area contributed by atoms with E-state index in [0.717, 1.165) is 11.4 Å². The van der Waals surface area contributed by atoms with Crippen molar-refractivity contribution in [3.8, 4) is 17.2 Å². The van der Waals surface area contributed by atoms with E-state index in [9.17, 15) is 0 Å². The molecule has 2 rings (SSSR count). The molecule has 3 nitrogen and oxygen atoms in total. The van der Waals surface area contributed by atoms with Crippen LogP contribution < -0.4 is 10.5 Å². The molecule has 0 saturated heterocycles. The molecule has 4 N–H and O–H groups in total. The van der Waals surface area contributed by atoms with Crippen LogP contribution in [-0.2, 0) is 0 Å². The molecule has 2 aromatic carbocycles. The SMILES string of the molecule is [NH3+]c1ccc(Oc2ccc(O)cc2)cc1. The Kier molecular flexibility index (Phi) is 2.56. The van der Waals surface area contributed by atoms with E-state index in [1.807, 2.05) is 24.3 Å². The van der Waals surface area contributed by atoms with Gasteiger partial charge in [-0.1, -0.05) is 0 Å². The number of hydrogen-bond acceptors (Lipinski definition) is 2. The van der Waals surface area contributed by atoms with Gasteiger partial charge in [-0.2, -0.15) is 0 Å². The molecule has 0 heterocycles. The van der Waals surface area contributed by atoms with Crippen LogP contribution in [0.4, 0.5) is 5.69 Å². The van der Waals surface area contributed by atoms with Crippen molar-refractivity contribution in [3.63, 3.8) is 0 Å². The maximum absolute atomic E-state index is 9.10. The molecule has 15 heavy (non-hydrogen) atoms. The van der Waals surface area contributed by atoms with Crippen LogP contribution in [0.15, 0.2) is 48.5 Å². The summed E-state index contributed by atoms with van der Waals surface area (Å²) in [4.78, 5) is 0. The van der Waals surface area contributed by atoms with Crippen LogP contribution in [0.1, 0.15) is 0 Å². The molecule has 0 fully saturated rings. The lowest BCUT2D eigenvalue weighted by molar-refractivity contribution is -0.254. The molecular weight excluding hydrogens is 190 g/mol. The number of hydrogen-bond donors (Lipinski definition) is 2. The van der Waals surface area contributed by atoms with Crippen LogP contribution in [0, 0.1) is 0 Å². The first-order chi connectivity index (χ1) is 7.24. The van der Waals surface area contributed by atoms with E-state index in [0.29, 0.717) is 5.75 Å². The number of quaternary nitrogens is 1. The largest absolute Gasteiger partial charge is 0.508 e. The molecule has 0 saturated carbocycles. The van der Waals surface area contributed by atoms with Crippen molar-refractivity contribution in [3.05, 3.63) is 48.5 Å². The first-order valence-electron chi connectivity index (χ1n) is 4.63. The van der Waals surface area contributed by atoms with Gasteiger partial charge in [0, 0.05) is 12.1 Å². The molecule has 0 amide bonds. The summed E-state index contributed by atoms with van der Waals surface area (Å²) in [6.45, 7) is 0. The second-order valence-corrected chi connectivity index (χ2v) is 3.24. The quantitative estimate of drug-likeness (QED) is 0.783. The molecular formula is C12H12NO2+. The van der Waals surface area contributed by atoms with Crippen molar-refractivity contribution in [2.75, 3.05) is 0 Å². The highest BCUT2D eigenvalue weighted by Crippen LogP contribution is 2.23. The average molecular weight is 202 g/mol. The molecule has 0 aliphatic rings. The predicted molar refractivity (Wildman–Crippen MR) is 57.2 cm³/mol. The summed E-state index contributed by atoms with van der Waals surface area (Å²) in [5, 5.41) is 9.10. The Labute approximate surface area is 87.7 Å². The van der Waals surface area contributed by atoms with E-state index >= 15 is 0 Å². The number of benzene rings is 2. The summed E-state index contributed by atoms with van der Waals surface area (Å²) in [7, 11) is 0. The zero-order chi connectivity index (χ0) is 10.7. The number of aromatic hydroxyl groups is 1. The van der Waals surface area contributed by atoms with Crippen LogP contribution in [0.5, 0.6) is 17.2 Å². The number of rotatable bonds is 2. The molecule has 0 aromatic heterocycles. The molecule has 0 spiro atoms. The van der Waals surface area contributed by atoms with Gasteiger partial charge in [0.15, 0.2) is 0 Å². The van der Waals surface area contributed by atoms with Gasteiger partial charge in [-0.05, 0) is 36.4 Å². The van der Waals surface area contributed by atoms with Crippen molar-refractivity contribution >= 4 is 5.69 Å². The van der Waals surface area contributed by atoms with Crippen LogP contribution in [0.3, 0.4) is 0 Å². The smallest absolute Gasteiger partial charge is 0.128 e. The third-order valence-corrected chi connectivity index (χ3v) is 2.00. The minimum absolute atomic E-state index is 0.232. The Morgan fingerprint density at radius 2 is 1.27 bits per heavy atom. The summed E-state index contributed by atoms with van der Waals surface area (Å²) in [6, 6.07) is 14.1. The number of ether oxygens (including phenoxy) is 1. The van der Waals surface area contributed by atoms with Gasteiger partial charge in [-0.15, -0.1) is 0 Å². The highest BCUT2D eigenvalue weighted by atomic mass is 16.5. The molecule has 0 aliphatic heterocycles. The fraction of sp³-hybridized carbons (Fsp3) is 0. The van der Waals surface area contributed by atoms with E-state index in [2.05, 4.69) is 5.73 Å². The summed E-state index contributed by atoms with van der Waals surface area (Å²) in [5.41, 5.74) is 4.74. The highest BCUT2D eigenvalue weighted by Gasteiger charge is 1.97. The lowest BCUT2D eigenvalue weighted by atomic mass is 10.3. The molecule has 0 bridgehead atoms. The Morgan fingerprint density at radius 1 is 0.800 bits per heavy atom. The van der Waals surface area contributed by atoms with Gasteiger partial charge in [0.2, 0.25) is 0 Å². The fourth-order valence-electron chi connectivity index (χ4n) is 1.21. The van der Waals surface area contributed by atoms with Crippen LogP contribution in [0.25, 0.3) is 0 Å². The van der Waals surface area contributed by atoms with E-state index in [-0.39, 0.29) is 5.75 Å². The second-order valence-electron chi connectivity index (χ2n) is 3.24.